The molecule has 1 aromatic rings. The zero-order chi connectivity index (χ0) is 10.8. The lowest BCUT2D eigenvalue weighted by atomic mass is 10.3. The number of anilines is 1. The first-order valence-electron chi connectivity index (χ1n) is 5.08. The minimum atomic E-state index is -0.377. The zero-order valence-corrected chi connectivity index (χ0v) is 8.65. The van der Waals surface area contributed by atoms with Crippen LogP contribution in [0.5, 0.6) is 0 Å². The molecule has 82 valence electrons. The molecule has 0 aliphatic heterocycles. The van der Waals surface area contributed by atoms with E-state index in [1.165, 1.54) is 6.33 Å². The Kier molecular flexibility index (Phi) is 2.81. The molecule has 1 N–H and O–H groups in total. The number of aliphatic hydroxyl groups is 1. The van der Waals surface area contributed by atoms with Gasteiger partial charge < -0.3 is 10.0 Å². The van der Waals surface area contributed by atoms with Crippen molar-refractivity contribution in [1.82, 2.24) is 9.97 Å². The molecule has 0 unspecified atom stereocenters. The van der Waals surface area contributed by atoms with Crippen molar-refractivity contribution in [3.05, 3.63) is 17.8 Å². The van der Waals surface area contributed by atoms with Gasteiger partial charge in [-0.1, -0.05) is 0 Å². The Labute approximate surface area is 87.8 Å². The lowest BCUT2D eigenvalue weighted by Crippen LogP contribution is -2.31. The molecule has 1 aromatic heterocycles. The van der Waals surface area contributed by atoms with Gasteiger partial charge in [-0.2, -0.15) is 0 Å². The largest absolute Gasteiger partial charge is 0.395 e. The van der Waals surface area contributed by atoms with E-state index in [-0.39, 0.29) is 12.4 Å². The molecule has 0 aromatic carbocycles. The van der Waals surface area contributed by atoms with Crippen molar-refractivity contribution in [2.45, 2.75) is 25.8 Å². The van der Waals surface area contributed by atoms with Crippen LogP contribution in [0.3, 0.4) is 0 Å². The van der Waals surface area contributed by atoms with Crippen LogP contribution in [0.4, 0.5) is 10.2 Å². The lowest BCUT2D eigenvalue weighted by molar-refractivity contribution is 0.300. The summed E-state index contributed by atoms with van der Waals surface area (Å²) in [5.41, 5.74) is 0.351. The third-order valence-corrected chi connectivity index (χ3v) is 2.55. The predicted molar refractivity (Wildman–Crippen MR) is 54.2 cm³/mol. The van der Waals surface area contributed by atoms with Gasteiger partial charge in [0.25, 0.3) is 0 Å². The molecule has 0 radical (unpaired) electrons. The van der Waals surface area contributed by atoms with Gasteiger partial charge in [-0.05, 0) is 19.8 Å². The molecule has 4 nitrogen and oxygen atoms in total. The number of aliphatic hydroxyl groups excluding tert-OH is 1. The fourth-order valence-electron chi connectivity index (χ4n) is 1.60. The molecule has 5 heteroatoms. The first-order valence-corrected chi connectivity index (χ1v) is 5.08. The second-order valence-corrected chi connectivity index (χ2v) is 3.74. The average molecular weight is 211 g/mol. The fraction of sp³-hybridized carbons (Fsp3) is 0.600. The monoisotopic (exact) mass is 211 g/mol. The van der Waals surface area contributed by atoms with E-state index in [9.17, 15) is 4.39 Å². The molecule has 15 heavy (non-hydrogen) atoms. The normalized spacial score (nSPS) is 15.4. The van der Waals surface area contributed by atoms with Crippen molar-refractivity contribution in [3.8, 4) is 0 Å². The molecular formula is C10H14FN3O. The maximum Gasteiger partial charge on any atom is 0.186 e. The molecule has 1 aliphatic rings. The maximum atomic E-state index is 13.7. The van der Waals surface area contributed by atoms with Crippen molar-refractivity contribution >= 4 is 5.82 Å². The standard InChI is InChI=1S/C10H14FN3O/c1-7-9(11)10(13-6-12-7)14(4-5-15)8-2-3-8/h6,8,15H,2-5H2,1H3. The van der Waals surface area contributed by atoms with Crippen LogP contribution < -0.4 is 4.90 Å². The molecule has 0 atom stereocenters. The highest BCUT2D eigenvalue weighted by Crippen LogP contribution is 2.31. The topological polar surface area (TPSA) is 49.2 Å². The van der Waals surface area contributed by atoms with Gasteiger partial charge >= 0.3 is 0 Å². The van der Waals surface area contributed by atoms with Gasteiger partial charge in [-0.3, -0.25) is 0 Å². The second-order valence-electron chi connectivity index (χ2n) is 3.74. The van der Waals surface area contributed by atoms with Gasteiger partial charge in [0, 0.05) is 12.6 Å². The van der Waals surface area contributed by atoms with Crippen LogP contribution in [0.2, 0.25) is 0 Å². The molecule has 0 bridgehead atoms. The summed E-state index contributed by atoms with van der Waals surface area (Å²) in [5.74, 6) is -0.0584. The molecule has 1 aliphatic carbocycles. The van der Waals surface area contributed by atoms with Gasteiger partial charge in [-0.15, -0.1) is 0 Å². The number of hydrogen-bond donors (Lipinski definition) is 1. The van der Waals surface area contributed by atoms with Crippen molar-refractivity contribution in [2.75, 3.05) is 18.1 Å². The zero-order valence-electron chi connectivity index (χ0n) is 8.65. The van der Waals surface area contributed by atoms with E-state index >= 15 is 0 Å². The van der Waals surface area contributed by atoms with E-state index in [1.54, 1.807) is 6.92 Å². The van der Waals surface area contributed by atoms with Crippen LogP contribution in [0.1, 0.15) is 18.5 Å². The van der Waals surface area contributed by atoms with E-state index in [1.807, 2.05) is 4.90 Å². The first kappa shape index (κ1) is 10.3. The number of halogens is 1. The maximum absolute atomic E-state index is 13.7. The van der Waals surface area contributed by atoms with Crippen molar-refractivity contribution in [2.24, 2.45) is 0 Å². The molecular weight excluding hydrogens is 197 g/mol. The van der Waals surface area contributed by atoms with Crippen LogP contribution in [0.25, 0.3) is 0 Å². The molecule has 2 rings (SSSR count). The summed E-state index contributed by atoms with van der Waals surface area (Å²) >= 11 is 0. The number of hydrogen-bond acceptors (Lipinski definition) is 4. The van der Waals surface area contributed by atoms with Crippen LogP contribution in [-0.4, -0.2) is 34.3 Å². The van der Waals surface area contributed by atoms with Crippen LogP contribution in [0, 0.1) is 12.7 Å². The highest BCUT2D eigenvalue weighted by molar-refractivity contribution is 5.43. The molecule has 1 fully saturated rings. The van der Waals surface area contributed by atoms with Crippen LogP contribution in [0.15, 0.2) is 6.33 Å². The Bertz CT molecular complexity index is 355. The Balaban J connectivity index is 2.28. The molecule has 1 heterocycles. The van der Waals surface area contributed by atoms with Crippen molar-refractivity contribution in [3.63, 3.8) is 0 Å². The third-order valence-electron chi connectivity index (χ3n) is 2.55. The average Bonchev–Trinajstić information content (AvgIpc) is 3.03. The van der Waals surface area contributed by atoms with Gasteiger partial charge in [-0.25, -0.2) is 14.4 Å². The molecule has 1 saturated carbocycles. The van der Waals surface area contributed by atoms with E-state index in [0.717, 1.165) is 12.8 Å². The van der Waals surface area contributed by atoms with E-state index in [4.69, 9.17) is 5.11 Å². The molecule has 0 amide bonds. The van der Waals surface area contributed by atoms with Gasteiger partial charge in [0.2, 0.25) is 0 Å². The first-order chi connectivity index (χ1) is 7.24. The van der Waals surface area contributed by atoms with Crippen LogP contribution >= 0.6 is 0 Å². The Morgan fingerprint density at radius 2 is 2.27 bits per heavy atom. The summed E-state index contributed by atoms with van der Waals surface area (Å²) in [7, 11) is 0. The lowest BCUT2D eigenvalue weighted by Gasteiger charge is -2.22. The van der Waals surface area contributed by atoms with Crippen LogP contribution in [-0.2, 0) is 0 Å². The summed E-state index contributed by atoms with van der Waals surface area (Å²) in [6.07, 6.45) is 3.45. The van der Waals surface area contributed by atoms with Gasteiger partial charge in [0.1, 0.15) is 6.33 Å². The van der Waals surface area contributed by atoms with Gasteiger partial charge in [0.15, 0.2) is 11.6 Å². The minimum Gasteiger partial charge on any atom is -0.395 e. The summed E-state index contributed by atoms with van der Waals surface area (Å²) in [5, 5.41) is 8.93. The predicted octanol–water partition coefficient (Wildman–Crippen LogP) is 0.885. The molecule has 0 spiro atoms. The number of rotatable bonds is 4. The highest BCUT2D eigenvalue weighted by Gasteiger charge is 2.31. The quantitative estimate of drug-likeness (QED) is 0.803. The summed E-state index contributed by atoms with van der Waals surface area (Å²) < 4.78 is 13.7. The third kappa shape index (κ3) is 2.07. The summed E-state index contributed by atoms with van der Waals surface area (Å²) in [6, 6.07) is 0.334. The fourth-order valence-corrected chi connectivity index (χ4v) is 1.60. The molecule has 0 saturated heterocycles. The van der Waals surface area contributed by atoms with E-state index in [0.29, 0.717) is 24.1 Å². The van der Waals surface area contributed by atoms with Crippen molar-refractivity contribution < 1.29 is 9.50 Å². The number of nitrogens with zero attached hydrogens (tertiary/aromatic N) is 3. The van der Waals surface area contributed by atoms with E-state index < -0.39 is 0 Å². The summed E-state index contributed by atoms with van der Waals surface area (Å²) in [6.45, 7) is 2.06. The Morgan fingerprint density at radius 3 is 2.87 bits per heavy atom. The SMILES string of the molecule is Cc1ncnc(N(CCO)C2CC2)c1F. The minimum absolute atomic E-state index is 0.0129. The Hall–Kier alpha value is -1.23. The highest BCUT2D eigenvalue weighted by atomic mass is 19.1. The second kappa shape index (κ2) is 4.10. The van der Waals surface area contributed by atoms with Gasteiger partial charge in [0.05, 0.1) is 12.3 Å². The van der Waals surface area contributed by atoms with Crippen molar-refractivity contribution in [1.29, 1.82) is 0 Å². The Morgan fingerprint density at radius 1 is 1.53 bits per heavy atom. The summed E-state index contributed by atoms with van der Waals surface area (Å²) in [4.78, 5) is 9.56. The number of aromatic nitrogens is 2. The number of aryl methyl sites for hydroxylation is 1. The van der Waals surface area contributed by atoms with E-state index in [2.05, 4.69) is 9.97 Å². The smallest absolute Gasteiger partial charge is 0.186 e.